The van der Waals surface area contributed by atoms with Crippen LogP contribution in [0, 0.1) is 0 Å². The molecule has 2 aromatic heterocycles. The van der Waals surface area contributed by atoms with Gasteiger partial charge in [-0.15, -0.1) is 0 Å². The van der Waals surface area contributed by atoms with Crippen molar-refractivity contribution in [3.63, 3.8) is 0 Å². The largest absolute Gasteiger partial charge is 0.489 e. The van der Waals surface area contributed by atoms with Gasteiger partial charge in [0.25, 0.3) is 5.91 Å². The summed E-state index contributed by atoms with van der Waals surface area (Å²) in [6.07, 6.45) is 5.10. The highest BCUT2D eigenvalue weighted by molar-refractivity contribution is 6.43. The molecule has 4 aromatic rings. The molecule has 0 spiro atoms. The average Bonchev–Trinajstić information content (AvgIpc) is 3.62. The Morgan fingerprint density at radius 3 is 2.72 bits per heavy atom. The number of aromatic nitrogens is 4. The van der Waals surface area contributed by atoms with Gasteiger partial charge in [0.2, 0.25) is 0 Å². The molecule has 1 fully saturated rings. The molecule has 0 saturated carbocycles. The molecule has 0 unspecified atom stereocenters. The van der Waals surface area contributed by atoms with Gasteiger partial charge < -0.3 is 20.3 Å². The molecule has 200 valence electrons. The fourth-order valence-corrected chi connectivity index (χ4v) is 5.50. The summed E-state index contributed by atoms with van der Waals surface area (Å²) in [5.74, 6) is 1.71. The first-order chi connectivity index (χ1) is 18.9. The van der Waals surface area contributed by atoms with E-state index in [0.29, 0.717) is 33.8 Å². The number of anilines is 1. The second kappa shape index (κ2) is 10.5. The van der Waals surface area contributed by atoms with E-state index in [1.807, 2.05) is 36.4 Å². The van der Waals surface area contributed by atoms with Gasteiger partial charge in [-0.2, -0.15) is 5.10 Å². The van der Waals surface area contributed by atoms with Gasteiger partial charge in [-0.25, -0.2) is 4.98 Å². The molecule has 0 aliphatic carbocycles. The molecular formula is C28H27Cl2N7O2. The topological polar surface area (TPSA) is 108 Å². The Bertz CT molecular complexity index is 1500. The molecule has 1 saturated heterocycles. The Kier molecular flexibility index (Phi) is 6.88. The molecular weight excluding hydrogens is 537 g/mol. The lowest BCUT2D eigenvalue weighted by molar-refractivity contribution is 0.0930. The Balaban J connectivity index is 1.24. The molecule has 2 aliphatic heterocycles. The fraction of sp³-hybridized carbons (Fsp3) is 0.286. The van der Waals surface area contributed by atoms with Crippen LogP contribution in [0.5, 0.6) is 5.75 Å². The smallest absolute Gasteiger partial charge is 0.251 e. The Morgan fingerprint density at radius 2 is 1.92 bits per heavy atom. The van der Waals surface area contributed by atoms with E-state index >= 15 is 0 Å². The van der Waals surface area contributed by atoms with E-state index in [1.54, 1.807) is 24.5 Å². The van der Waals surface area contributed by atoms with Crippen LogP contribution in [0.15, 0.2) is 60.9 Å². The summed E-state index contributed by atoms with van der Waals surface area (Å²) >= 11 is 12.4. The van der Waals surface area contributed by atoms with Crippen LogP contribution in [0.3, 0.4) is 0 Å². The monoisotopic (exact) mass is 563 g/mol. The number of amides is 1. The Hall–Kier alpha value is -3.66. The van der Waals surface area contributed by atoms with Crippen molar-refractivity contribution < 1.29 is 9.53 Å². The number of carbonyl (C=O) groups excluding carboxylic acids is 1. The van der Waals surface area contributed by atoms with Crippen molar-refractivity contribution in [1.82, 2.24) is 30.4 Å². The first-order valence-corrected chi connectivity index (χ1v) is 13.5. The van der Waals surface area contributed by atoms with E-state index in [2.05, 4.69) is 37.8 Å². The van der Waals surface area contributed by atoms with Gasteiger partial charge >= 0.3 is 0 Å². The Labute approximate surface area is 235 Å². The zero-order valence-electron chi connectivity index (χ0n) is 21.2. The van der Waals surface area contributed by atoms with Crippen molar-refractivity contribution in [3.8, 4) is 17.1 Å². The van der Waals surface area contributed by atoms with E-state index in [4.69, 9.17) is 32.9 Å². The second-order valence-corrected chi connectivity index (χ2v) is 10.7. The van der Waals surface area contributed by atoms with E-state index in [0.717, 1.165) is 48.6 Å². The number of benzene rings is 2. The third kappa shape index (κ3) is 5.05. The molecule has 0 bridgehead atoms. The first-order valence-electron chi connectivity index (χ1n) is 12.7. The number of fused-ring (bicyclic) bond motifs is 1. The number of nitrogens with one attached hydrogen (secondary N) is 3. The summed E-state index contributed by atoms with van der Waals surface area (Å²) in [4.78, 5) is 24.5. The van der Waals surface area contributed by atoms with Gasteiger partial charge in [0.15, 0.2) is 11.6 Å². The van der Waals surface area contributed by atoms with Crippen molar-refractivity contribution in [1.29, 1.82) is 0 Å². The van der Waals surface area contributed by atoms with Crippen LogP contribution in [-0.4, -0.2) is 57.7 Å². The normalized spacial score (nSPS) is 18.3. The summed E-state index contributed by atoms with van der Waals surface area (Å²) in [5.41, 5.74) is 2.61. The van der Waals surface area contributed by atoms with Crippen molar-refractivity contribution in [2.45, 2.75) is 24.4 Å². The molecule has 11 heteroatoms. The molecule has 3 N–H and O–H groups in total. The number of ether oxygens (including phenoxy) is 1. The van der Waals surface area contributed by atoms with Crippen LogP contribution in [0.2, 0.25) is 10.0 Å². The molecule has 1 amide bonds. The standard InChI is InChI=1S/C28H27Cl2N7O2/c1-37-13-9-28(10-14-37,27-33-25(35-36-27)17-7-11-31-12-8-17)34-19-4-2-3-18(15-19)26(38)32-22-16-39-24-20(22)5-6-21(29)23(24)30/h2-8,11-12,15,22,34H,9-10,13-14,16H2,1H3,(H,32,38)(H,33,35,36)/t22-/m1/s1. The molecule has 2 aliphatic rings. The number of likely N-dealkylation sites (tertiary alicyclic amines) is 1. The molecule has 4 heterocycles. The van der Waals surface area contributed by atoms with E-state index < -0.39 is 5.54 Å². The minimum absolute atomic E-state index is 0.205. The van der Waals surface area contributed by atoms with E-state index in [1.165, 1.54) is 0 Å². The van der Waals surface area contributed by atoms with Gasteiger partial charge in [-0.1, -0.05) is 35.3 Å². The maximum atomic E-state index is 13.3. The zero-order valence-corrected chi connectivity index (χ0v) is 22.8. The van der Waals surface area contributed by atoms with Gasteiger partial charge in [-0.3, -0.25) is 14.9 Å². The van der Waals surface area contributed by atoms with Crippen molar-refractivity contribution in [2.24, 2.45) is 0 Å². The third-order valence-corrected chi connectivity index (χ3v) is 8.17. The van der Waals surface area contributed by atoms with Gasteiger partial charge in [0.05, 0.1) is 16.6 Å². The van der Waals surface area contributed by atoms with Crippen molar-refractivity contribution in [2.75, 3.05) is 32.1 Å². The minimum atomic E-state index is -0.464. The maximum absolute atomic E-state index is 13.3. The number of halogens is 2. The van der Waals surface area contributed by atoms with Crippen LogP contribution in [0.4, 0.5) is 5.69 Å². The summed E-state index contributed by atoms with van der Waals surface area (Å²) in [7, 11) is 2.11. The zero-order chi connectivity index (χ0) is 27.0. The maximum Gasteiger partial charge on any atom is 0.251 e. The summed E-state index contributed by atoms with van der Waals surface area (Å²) in [5, 5.41) is 15.2. The van der Waals surface area contributed by atoms with Crippen LogP contribution in [0.25, 0.3) is 11.4 Å². The molecule has 1 atom stereocenters. The number of piperidine rings is 1. The predicted molar refractivity (Wildman–Crippen MR) is 150 cm³/mol. The highest BCUT2D eigenvalue weighted by Crippen LogP contribution is 2.42. The number of aromatic amines is 1. The SMILES string of the molecule is CN1CCC(Nc2cccc(C(=O)N[C@@H]3COc4c3ccc(Cl)c4Cl)c2)(c2nc(-c3ccncc3)n[nH]2)CC1. The van der Waals surface area contributed by atoms with Crippen LogP contribution in [0.1, 0.15) is 40.6 Å². The van der Waals surface area contributed by atoms with E-state index in [-0.39, 0.29) is 11.9 Å². The van der Waals surface area contributed by atoms with Crippen LogP contribution in [-0.2, 0) is 5.54 Å². The summed E-state index contributed by atoms with van der Waals surface area (Å²) in [6, 6.07) is 14.5. The number of hydrogen-bond acceptors (Lipinski definition) is 7. The summed E-state index contributed by atoms with van der Waals surface area (Å²) < 4.78 is 5.72. The molecule has 39 heavy (non-hydrogen) atoms. The highest BCUT2D eigenvalue weighted by Gasteiger charge is 2.39. The Morgan fingerprint density at radius 1 is 1.13 bits per heavy atom. The summed E-state index contributed by atoms with van der Waals surface area (Å²) in [6.45, 7) is 2.08. The van der Waals surface area contributed by atoms with E-state index in [9.17, 15) is 4.79 Å². The number of nitrogens with zero attached hydrogens (tertiary/aromatic N) is 4. The lowest BCUT2D eigenvalue weighted by Gasteiger charge is -2.40. The number of H-pyrrole nitrogens is 1. The number of carbonyl (C=O) groups is 1. The van der Waals surface area contributed by atoms with Crippen LogP contribution < -0.4 is 15.4 Å². The lowest BCUT2D eigenvalue weighted by atomic mass is 9.86. The average molecular weight is 564 g/mol. The van der Waals surface area contributed by atoms with Crippen molar-refractivity contribution >= 4 is 34.8 Å². The van der Waals surface area contributed by atoms with Gasteiger partial charge in [0.1, 0.15) is 17.4 Å². The van der Waals surface area contributed by atoms with Crippen molar-refractivity contribution in [3.05, 3.63) is 87.9 Å². The predicted octanol–water partition coefficient (Wildman–Crippen LogP) is 5.07. The number of rotatable bonds is 6. The number of hydrogen-bond donors (Lipinski definition) is 3. The quantitative estimate of drug-likeness (QED) is 0.300. The third-order valence-electron chi connectivity index (χ3n) is 7.38. The second-order valence-electron chi connectivity index (χ2n) is 9.95. The fourth-order valence-electron chi connectivity index (χ4n) is 5.13. The number of pyridine rings is 1. The molecule has 0 radical (unpaired) electrons. The minimum Gasteiger partial charge on any atom is -0.489 e. The molecule has 9 nitrogen and oxygen atoms in total. The highest BCUT2D eigenvalue weighted by atomic mass is 35.5. The van der Waals surface area contributed by atoms with Gasteiger partial charge in [-0.05, 0) is 56.3 Å². The first kappa shape index (κ1) is 25.6. The van der Waals surface area contributed by atoms with Gasteiger partial charge in [0, 0.05) is 47.9 Å². The lowest BCUT2D eigenvalue weighted by Crippen LogP contribution is -2.46. The van der Waals surface area contributed by atoms with Crippen LogP contribution >= 0.6 is 23.2 Å². The molecule has 6 rings (SSSR count). The molecule has 2 aromatic carbocycles.